The van der Waals surface area contributed by atoms with Gasteiger partial charge in [0.2, 0.25) is 0 Å². The molecule has 0 spiro atoms. The first-order valence-electron chi connectivity index (χ1n) is 6.21. The molecule has 0 aliphatic carbocycles. The lowest BCUT2D eigenvalue weighted by molar-refractivity contribution is 0.332. The summed E-state index contributed by atoms with van der Waals surface area (Å²) in [6.07, 6.45) is 3.76. The highest BCUT2D eigenvalue weighted by Gasteiger charge is 2.15. The van der Waals surface area contributed by atoms with Crippen molar-refractivity contribution in [2.75, 3.05) is 5.33 Å². The Morgan fingerprint density at radius 2 is 1.71 bits per heavy atom. The van der Waals surface area contributed by atoms with E-state index in [0.717, 1.165) is 15.7 Å². The van der Waals surface area contributed by atoms with Gasteiger partial charge < -0.3 is 0 Å². The van der Waals surface area contributed by atoms with Crippen LogP contribution in [0, 0.1) is 11.3 Å². The first-order valence-corrected chi connectivity index (χ1v) is 8.12. The van der Waals surface area contributed by atoms with E-state index >= 15 is 0 Å². The first-order chi connectivity index (χ1) is 7.90. The number of benzene rings is 1. The molecule has 0 heterocycles. The van der Waals surface area contributed by atoms with Gasteiger partial charge >= 0.3 is 0 Å². The highest BCUT2D eigenvalue weighted by molar-refractivity contribution is 9.10. The van der Waals surface area contributed by atoms with Gasteiger partial charge in [-0.3, -0.25) is 0 Å². The average Bonchev–Trinajstić information content (AvgIpc) is 2.25. The van der Waals surface area contributed by atoms with Crippen LogP contribution < -0.4 is 0 Å². The largest absolute Gasteiger partial charge is 0.0925 e. The zero-order chi connectivity index (χ0) is 12.9. The number of hydrogen-bond donors (Lipinski definition) is 0. The van der Waals surface area contributed by atoms with Gasteiger partial charge in [0.15, 0.2) is 0 Å². The molecular formula is C15H22Br2. The van der Waals surface area contributed by atoms with Crippen molar-refractivity contribution in [2.24, 2.45) is 11.3 Å². The Labute approximate surface area is 122 Å². The van der Waals surface area contributed by atoms with Crippen molar-refractivity contribution in [3.63, 3.8) is 0 Å². The normalized spacial score (nSPS) is 13.7. The summed E-state index contributed by atoms with van der Waals surface area (Å²) >= 11 is 7.12. The van der Waals surface area contributed by atoms with E-state index in [1.165, 1.54) is 24.8 Å². The highest BCUT2D eigenvalue weighted by atomic mass is 79.9. The fraction of sp³-hybridized carbons (Fsp3) is 0.600. The molecule has 96 valence electrons. The minimum atomic E-state index is 0.445. The van der Waals surface area contributed by atoms with Crippen LogP contribution in [0.25, 0.3) is 0 Å². The van der Waals surface area contributed by atoms with Crippen molar-refractivity contribution < 1.29 is 0 Å². The third kappa shape index (κ3) is 6.61. The zero-order valence-corrected chi connectivity index (χ0v) is 14.1. The maximum absolute atomic E-state index is 3.65. The molecule has 0 bridgehead atoms. The molecule has 0 saturated heterocycles. The van der Waals surface area contributed by atoms with E-state index in [1.807, 2.05) is 0 Å². The van der Waals surface area contributed by atoms with E-state index in [-0.39, 0.29) is 0 Å². The number of alkyl halides is 1. The van der Waals surface area contributed by atoms with Crippen molar-refractivity contribution in [2.45, 2.75) is 40.0 Å². The van der Waals surface area contributed by atoms with Crippen molar-refractivity contribution >= 4 is 31.9 Å². The minimum absolute atomic E-state index is 0.445. The number of rotatable bonds is 5. The smallest absolute Gasteiger partial charge is 0.0175 e. The Morgan fingerprint density at radius 1 is 1.12 bits per heavy atom. The molecule has 17 heavy (non-hydrogen) atoms. The standard InChI is InChI=1S/C15H22Br2/c1-15(2,3)9-8-13(11-16)10-12-4-6-14(17)7-5-12/h4-7,13H,8-11H2,1-3H3. The second-order valence-electron chi connectivity index (χ2n) is 5.95. The monoisotopic (exact) mass is 360 g/mol. The second kappa shape index (κ2) is 6.94. The average molecular weight is 362 g/mol. The van der Waals surface area contributed by atoms with E-state index in [9.17, 15) is 0 Å². The maximum atomic E-state index is 3.65. The molecule has 0 N–H and O–H groups in total. The Balaban J connectivity index is 2.49. The van der Waals surface area contributed by atoms with Gasteiger partial charge in [0.05, 0.1) is 0 Å². The maximum Gasteiger partial charge on any atom is 0.0175 e. The predicted molar refractivity (Wildman–Crippen MR) is 83.8 cm³/mol. The third-order valence-corrected chi connectivity index (χ3v) is 4.40. The van der Waals surface area contributed by atoms with E-state index in [4.69, 9.17) is 0 Å². The van der Waals surface area contributed by atoms with Gasteiger partial charge in [-0.2, -0.15) is 0 Å². The predicted octanol–water partition coefficient (Wildman–Crippen LogP) is 5.83. The molecule has 0 aliphatic heterocycles. The zero-order valence-electron chi connectivity index (χ0n) is 11.0. The fourth-order valence-corrected chi connectivity index (χ4v) is 2.64. The van der Waals surface area contributed by atoms with Crippen LogP contribution in [0.2, 0.25) is 0 Å². The van der Waals surface area contributed by atoms with Crippen LogP contribution in [0.1, 0.15) is 39.2 Å². The third-order valence-electron chi connectivity index (χ3n) is 2.96. The summed E-state index contributed by atoms with van der Waals surface area (Å²) in [4.78, 5) is 0. The molecule has 0 fully saturated rings. The van der Waals surface area contributed by atoms with Crippen LogP contribution in [0.15, 0.2) is 28.7 Å². The van der Waals surface area contributed by atoms with E-state index < -0.39 is 0 Å². The van der Waals surface area contributed by atoms with Crippen molar-refractivity contribution in [1.29, 1.82) is 0 Å². The molecule has 0 saturated carbocycles. The van der Waals surface area contributed by atoms with E-state index in [1.54, 1.807) is 0 Å². The summed E-state index contributed by atoms with van der Waals surface area (Å²) in [6, 6.07) is 8.70. The van der Waals surface area contributed by atoms with Crippen LogP contribution >= 0.6 is 31.9 Å². The Morgan fingerprint density at radius 3 is 2.18 bits per heavy atom. The lowest BCUT2D eigenvalue weighted by Gasteiger charge is -2.22. The van der Waals surface area contributed by atoms with Gasteiger partial charge in [0.25, 0.3) is 0 Å². The number of hydrogen-bond acceptors (Lipinski definition) is 0. The summed E-state index contributed by atoms with van der Waals surface area (Å²) < 4.78 is 1.16. The Bertz CT molecular complexity index is 322. The summed E-state index contributed by atoms with van der Waals surface area (Å²) in [5.41, 5.74) is 1.88. The molecule has 1 unspecified atom stereocenters. The van der Waals surface area contributed by atoms with Gasteiger partial charge in [-0.15, -0.1) is 0 Å². The molecular weight excluding hydrogens is 340 g/mol. The molecule has 0 radical (unpaired) electrons. The molecule has 1 rings (SSSR count). The highest BCUT2D eigenvalue weighted by Crippen LogP contribution is 2.26. The molecule has 0 nitrogen and oxygen atoms in total. The van der Waals surface area contributed by atoms with Crippen molar-refractivity contribution in [3.05, 3.63) is 34.3 Å². The van der Waals surface area contributed by atoms with Gasteiger partial charge in [-0.05, 0) is 48.3 Å². The van der Waals surface area contributed by atoms with Crippen LogP contribution in [0.5, 0.6) is 0 Å². The SMILES string of the molecule is CC(C)(C)CCC(CBr)Cc1ccc(Br)cc1. The van der Waals surface area contributed by atoms with Crippen LogP contribution in [0.4, 0.5) is 0 Å². The van der Waals surface area contributed by atoms with Gasteiger partial charge in [0.1, 0.15) is 0 Å². The fourth-order valence-electron chi connectivity index (χ4n) is 1.82. The molecule has 1 atom stereocenters. The topological polar surface area (TPSA) is 0 Å². The van der Waals surface area contributed by atoms with E-state index in [0.29, 0.717) is 5.41 Å². The summed E-state index contributed by atoms with van der Waals surface area (Å²) in [5.74, 6) is 0.746. The summed E-state index contributed by atoms with van der Waals surface area (Å²) in [6.45, 7) is 6.95. The molecule has 1 aromatic rings. The molecule has 0 aromatic heterocycles. The lowest BCUT2D eigenvalue weighted by atomic mass is 9.85. The molecule has 0 aliphatic rings. The van der Waals surface area contributed by atoms with Crippen molar-refractivity contribution in [1.82, 2.24) is 0 Å². The quantitative estimate of drug-likeness (QED) is 0.579. The summed E-state index contributed by atoms with van der Waals surface area (Å²) in [5, 5.41) is 1.10. The number of halogens is 2. The van der Waals surface area contributed by atoms with Crippen LogP contribution in [-0.2, 0) is 6.42 Å². The van der Waals surface area contributed by atoms with Crippen LogP contribution in [-0.4, -0.2) is 5.33 Å². The van der Waals surface area contributed by atoms with Crippen molar-refractivity contribution in [3.8, 4) is 0 Å². The second-order valence-corrected chi connectivity index (χ2v) is 7.51. The van der Waals surface area contributed by atoms with Gasteiger partial charge in [-0.1, -0.05) is 64.8 Å². The molecule has 2 heteroatoms. The summed E-state index contributed by atoms with van der Waals surface area (Å²) in [7, 11) is 0. The molecule has 1 aromatic carbocycles. The van der Waals surface area contributed by atoms with Crippen LogP contribution in [0.3, 0.4) is 0 Å². The lowest BCUT2D eigenvalue weighted by Crippen LogP contribution is -2.12. The Kier molecular flexibility index (Phi) is 6.22. The molecule has 0 amide bonds. The van der Waals surface area contributed by atoms with E-state index in [2.05, 4.69) is 76.9 Å². The van der Waals surface area contributed by atoms with Gasteiger partial charge in [-0.25, -0.2) is 0 Å². The minimum Gasteiger partial charge on any atom is -0.0925 e. The van der Waals surface area contributed by atoms with Gasteiger partial charge in [0, 0.05) is 9.80 Å². The Hall–Kier alpha value is 0.180. The first kappa shape index (κ1) is 15.2.